The largest absolute Gasteiger partial charge is 0.353 e. The van der Waals surface area contributed by atoms with Crippen LogP contribution in [-0.2, 0) is 4.79 Å². The molecule has 4 fully saturated rings. The number of nitro groups is 1. The first-order chi connectivity index (χ1) is 13.8. The summed E-state index contributed by atoms with van der Waals surface area (Å²) in [5.74, 6) is 2.18. The van der Waals surface area contributed by atoms with Gasteiger partial charge in [-0.15, -0.1) is 0 Å². The Labute approximate surface area is 170 Å². The van der Waals surface area contributed by atoms with E-state index in [0.29, 0.717) is 5.56 Å². The zero-order valence-electron chi connectivity index (χ0n) is 16.9. The van der Waals surface area contributed by atoms with Crippen molar-refractivity contribution in [2.24, 2.45) is 23.2 Å². The van der Waals surface area contributed by atoms with Crippen LogP contribution in [0.1, 0.15) is 62.2 Å². The van der Waals surface area contributed by atoms with Gasteiger partial charge in [0.2, 0.25) is 5.91 Å². The zero-order valence-corrected chi connectivity index (χ0v) is 16.9. The van der Waals surface area contributed by atoms with Gasteiger partial charge in [-0.3, -0.25) is 19.7 Å². The molecule has 0 aliphatic heterocycles. The molecule has 0 spiro atoms. The minimum atomic E-state index is -0.503. The van der Waals surface area contributed by atoms with Gasteiger partial charge in [-0.25, -0.2) is 0 Å². The maximum atomic E-state index is 12.4. The van der Waals surface area contributed by atoms with Crippen LogP contribution < -0.4 is 10.6 Å². The smallest absolute Gasteiger partial charge is 0.269 e. The fourth-order valence-electron chi connectivity index (χ4n) is 6.30. The molecule has 7 nitrogen and oxygen atoms in total. The summed E-state index contributed by atoms with van der Waals surface area (Å²) in [5.41, 5.74) is 0.560. The molecule has 1 aromatic rings. The van der Waals surface area contributed by atoms with Gasteiger partial charge in [-0.2, -0.15) is 0 Å². The second-order valence-corrected chi connectivity index (χ2v) is 9.38. The molecule has 4 aliphatic carbocycles. The third-order valence-electron chi connectivity index (χ3n) is 7.36. The third kappa shape index (κ3) is 4.14. The predicted octanol–water partition coefficient (Wildman–Crippen LogP) is 3.44. The summed E-state index contributed by atoms with van der Waals surface area (Å²) in [4.78, 5) is 34.8. The highest BCUT2D eigenvalue weighted by atomic mass is 16.6. The molecule has 0 radical (unpaired) electrons. The normalized spacial score (nSPS) is 30.6. The van der Waals surface area contributed by atoms with E-state index in [2.05, 4.69) is 17.6 Å². The molecular formula is C22H29N3O4. The molecule has 1 unspecified atom stereocenters. The first kappa shape index (κ1) is 19.9. The van der Waals surface area contributed by atoms with Crippen LogP contribution in [0.5, 0.6) is 0 Å². The molecule has 1 aromatic carbocycles. The van der Waals surface area contributed by atoms with Crippen LogP contribution in [0.3, 0.4) is 0 Å². The zero-order chi connectivity index (χ0) is 20.6. The number of hydrogen-bond donors (Lipinski definition) is 2. The molecule has 7 heteroatoms. The minimum Gasteiger partial charge on any atom is -0.353 e. The summed E-state index contributed by atoms with van der Waals surface area (Å²) < 4.78 is 0. The highest BCUT2D eigenvalue weighted by Gasteiger charge is 2.53. The van der Waals surface area contributed by atoms with E-state index in [1.54, 1.807) is 0 Å². The Bertz CT molecular complexity index is 769. The van der Waals surface area contributed by atoms with Crippen molar-refractivity contribution in [3.63, 3.8) is 0 Å². The van der Waals surface area contributed by atoms with Gasteiger partial charge in [0.05, 0.1) is 4.92 Å². The molecule has 29 heavy (non-hydrogen) atoms. The Morgan fingerprint density at radius 3 is 2.17 bits per heavy atom. The van der Waals surface area contributed by atoms with E-state index in [4.69, 9.17) is 0 Å². The number of amides is 2. The first-order valence-corrected chi connectivity index (χ1v) is 10.7. The lowest BCUT2D eigenvalue weighted by molar-refractivity contribution is -0.384. The van der Waals surface area contributed by atoms with Gasteiger partial charge in [0.25, 0.3) is 11.6 Å². The monoisotopic (exact) mass is 399 g/mol. The SMILES string of the molecule is CC(NC(=O)CCNC(=O)c1ccc([N+](=O)[O-])cc1)C12CC3CC(CC(C3)C1)C2. The van der Waals surface area contributed by atoms with E-state index in [1.165, 1.54) is 62.8 Å². The molecule has 2 amide bonds. The van der Waals surface area contributed by atoms with Crippen LogP contribution in [0.2, 0.25) is 0 Å². The first-order valence-electron chi connectivity index (χ1n) is 10.7. The number of carbonyl (C=O) groups is 2. The van der Waals surface area contributed by atoms with Crippen LogP contribution in [0.15, 0.2) is 24.3 Å². The van der Waals surface area contributed by atoms with Gasteiger partial charge >= 0.3 is 0 Å². The van der Waals surface area contributed by atoms with Crippen molar-refractivity contribution in [3.05, 3.63) is 39.9 Å². The number of non-ortho nitro benzene ring substituents is 1. The summed E-state index contributed by atoms with van der Waals surface area (Å²) in [6.45, 7) is 2.40. The second-order valence-electron chi connectivity index (χ2n) is 9.38. The highest BCUT2D eigenvalue weighted by molar-refractivity contribution is 5.94. The summed E-state index contributed by atoms with van der Waals surface area (Å²) in [5, 5.41) is 16.6. The Morgan fingerprint density at radius 1 is 1.10 bits per heavy atom. The fraction of sp³-hybridized carbons (Fsp3) is 0.636. The van der Waals surface area contributed by atoms with E-state index in [9.17, 15) is 19.7 Å². The molecule has 4 bridgehead atoms. The van der Waals surface area contributed by atoms with Crippen molar-refractivity contribution in [1.29, 1.82) is 0 Å². The molecule has 4 aliphatic rings. The number of nitrogens with one attached hydrogen (secondary N) is 2. The predicted molar refractivity (Wildman–Crippen MR) is 108 cm³/mol. The van der Waals surface area contributed by atoms with Crippen molar-refractivity contribution in [1.82, 2.24) is 10.6 Å². The topological polar surface area (TPSA) is 101 Å². The Balaban J connectivity index is 1.24. The van der Waals surface area contributed by atoms with Gasteiger partial charge in [0.15, 0.2) is 0 Å². The molecule has 0 saturated heterocycles. The van der Waals surface area contributed by atoms with Crippen LogP contribution >= 0.6 is 0 Å². The van der Waals surface area contributed by atoms with Gasteiger partial charge in [0, 0.05) is 36.7 Å². The van der Waals surface area contributed by atoms with Crippen molar-refractivity contribution < 1.29 is 14.5 Å². The van der Waals surface area contributed by atoms with E-state index in [0.717, 1.165) is 17.8 Å². The average Bonchev–Trinajstić information content (AvgIpc) is 2.67. The van der Waals surface area contributed by atoms with Crippen LogP contribution in [-0.4, -0.2) is 29.3 Å². The molecule has 156 valence electrons. The Morgan fingerprint density at radius 2 is 1.66 bits per heavy atom. The van der Waals surface area contributed by atoms with E-state index in [1.807, 2.05) is 0 Å². The summed E-state index contributed by atoms with van der Waals surface area (Å²) in [6, 6.07) is 5.61. The van der Waals surface area contributed by atoms with E-state index >= 15 is 0 Å². The van der Waals surface area contributed by atoms with Crippen molar-refractivity contribution in [3.8, 4) is 0 Å². The highest BCUT2D eigenvalue weighted by Crippen LogP contribution is 2.61. The number of rotatable bonds is 7. The van der Waals surface area contributed by atoms with Crippen LogP contribution in [0.25, 0.3) is 0 Å². The number of carbonyl (C=O) groups excluding carboxylic acids is 2. The van der Waals surface area contributed by atoms with Gasteiger partial charge in [-0.1, -0.05) is 0 Å². The Hall–Kier alpha value is -2.44. The third-order valence-corrected chi connectivity index (χ3v) is 7.36. The number of nitrogens with zero attached hydrogens (tertiary/aromatic N) is 1. The molecule has 0 aromatic heterocycles. The lowest BCUT2D eigenvalue weighted by Gasteiger charge is -2.59. The maximum Gasteiger partial charge on any atom is 0.269 e. The number of benzene rings is 1. The molecular weight excluding hydrogens is 370 g/mol. The van der Waals surface area contributed by atoms with Gasteiger partial charge in [-0.05, 0) is 80.8 Å². The molecule has 5 rings (SSSR count). The Kier molecular flexibility index (Phi) is 5.32. The average molecular weight is 399 g/mol. The van der Waals surface area contributed by atoms with Crippen molar-refractivity contribution >= 4 is 17.5 Å². The van der Waals surface area contributed by atoms with E-state index < -0.39 is 4.92 Å². The number of hydrogen-bond acceptors (Lipinski definition) is 4. The quantitative estimate of drug-likeness (QED) is 0.542. The van der Waals surface area contributed by atoms with Crippen LogP contribution in [0, 0.1) is 33.3 Å². The van der Waals surface area contributed by atoms with Crippen molar-refractivity contribution in [2.45, 2.75) is 57.9 Å². The van der Waals surface area contributed by atoms with Gasteiger partial charge in [0.1, 0.15) is 0 Å². The lowest BCUT2D eigenvalue weighted by atomic mass is 9.48. The standard InChI is InChI=1S/C22H29N3O4/c1-14(22-11-15-8-16(12-22)10-17(9-15)13-22)24-20(26)6-7-23-21(27)18-2-4-19(5-3-18)25(28)29/h2-5,14-17H,6-13H2,1H3,(H,23,27)(H,24,26). The minimum absolute atomic E-state index is 0.0303. The molecule has 2 N–H and O–H groups in total. The summed E-state index contributed by atoms with van der Waals surface area (Å²) >= 11 is 0. The fourth-order valence-corrected chi connectivity index (χ4v) is 6.30. The molecule has 4 saturated carbocycles. The van der Waals surface area contributed by atoms with Crippen molar-refractivity contribution in [2.75, 3.05) is 6.54 Å². The molecule has 1 atom stereocenters. The summed E-state index contributed by atoms with van der Waals surface area (Å²) in [7, 11) is 0. The van der Waals surface area contributed by atoms with Gasteiger partial charge < -0.3 is 10.6 Å². The summed E-state index contributed by atoms with van der Waals surface area (Å²) in [6.07, 6.45) is 8.12. The second kappa shape index (κ2) is 7.76. The lowest BCUT2D eigenvalue weighted by Crippen LogP contribution is -2.56. The van der Waals surface area contributed by atoms with Crippen LogP contribution in [0.4, 0.5) is 5.69 Å². The molecule has 0 heterocycles. The van der Waals surface area contributed by atoms with E-state index in [-0.39, 0.29) is 41.9 Å². The maximum absolute atomic E-state index is 12.4. The number of nitro benzene ring substituents is 1.